The molecule has 10 rings (SSSR count). The van der Waals surface area contributed by atoms with Gasteiger partial charge < -0.3 is 73.3 Å². The van der Waals surface area contributed by atoms with Crippen molar-refractivity contribution in [2.45, 2.75) is 231 Å². The lowest BCUT2D eigenvalue weighted by Crippen LogP contribution is -2.46. The average molecular weight is 1610 g/mol. The van der Waals surface area contributed by atoms with E-state index in [2.05, 4.69) is 266 Å². The van der Waals surface area contributed by atoms with Crippen LogP contribution in [0.25, 0.3) is 0 Å². The zero-order valence-electron chi connectivity index (χ0n) is 80.9. The molecule has 0 aliphatic carbocycles. The molecular weight excluding hydrogens is 1410 g/mol. The standard InChI is InChI=1S/C11H24N2.3C10H22N2.C9H20N2O.2C9H20N2.C8H17FN2.C8H18N2.C7H16N2/c1-10-6-5-7-11(2)13(10)9-8-12(3)4;1-9-5-6-10(2)12(9)8-7-11(3)4;1-10-6-4-5-7-12(10)9-8-11(2)3;1-11(2)9-10-12-7-5-3-4-6-8-12;1-10(2)6-7-11-5-4-9(8-11)12-3;1-9-5-4-6-11(9)8-7-10(2)3;1-10(2)8-9-11-6-4-3-5-7-11;1-10(2)5-6-11-4-3-8(9)7-11;1-9(2)7-8-10-5-3-4-6-10;1-8(2)6-7-9-4-3-5-9/h10-11H,5-9H2,1-4H3;9-10H,5-8H2,1-4H3;10H,4-9H2,1-3H3;3-10H2,1-2H3;9H,4-8H2,1-3H3;9H,4-8H2,1-3H3;3-9H2,1-2H3;8H,3-7H2,1-2H3;3-8H2,1-2H3;3-7H2,1-2H3. The smallest absolute Gasteiger partial charge is 0.114 e. The first-order valence-electron chi connectivity index (χ1n) is 46.7. The van der Waals surface area contributed by atoms with Crippen molar-refractivity contribution in [2.24, 2.45) is 0 Å². The Hall–Kier alpha value is -0.910. The van der Waals surface area contributed by atoms with E-state index in [1.54, 1.807) is 7.11 Å². The highest BCUT2D eigenvalue weighted by Crippen LogP contribution is 2.24. The molecule has 0 aromatic heterocycles. The lowest BCUT2D eigenvalue weighted by atomic mass is 9.98. The molecule has 22 heteroatoms. The van der Waals surface area contributed by atoms with E-state index in [1.807, 2.05) is 14.1 Å². The lowest BCUT2D eigenvalue weighted by Gasteiger charge is -2.39. The summed E-state index contributed by atoms with van der Waals surface area (Å²) in [5.41, 5.74) is 0. The number of nitrogens with zero attached hydrogens (tertiary/aromatic N) is 20. The molecule has 8 atom stereocenters. The third-order valence-electron chi connectivity index (χ3n) is 24.7. The van der Waals surface area contributed by atoms with Gasteiger partial charge in [0, 0.05) is 200 Å². The summed E-state index contributed by atoms with van der Waals surface area (Å²) >= 11 is 0. The molecular formula is C91H201FN20O. The van der Waals surface area contributed by atoms with Crippen LogP contribution in [0.4, 0.5) is 4.39 Å². The van der Waals surface area contributed by atoms with Crippen molar-refractivity contribution >= 4 is 0 Å². The number of rotatable bonds is 31. The Morgan fingerprint density at radius 2 is 0.487 bits per heavy atom. The maximum Gasteiger partial charge on any atom is 0.114 e. The van der Waals surface area contributed by atoms with Crippen LogP contribution >= 0.6 is 0 Å². The van der Waals surface area contributed by atoms with E-state index in [9.17, 15) is 4.39 Å². The van der Waals surface area contributed by atoms with E-state index in [-0.39, 0.29) is 0 Å². The summed E-state index contributed by atoms with van der Waals surface area (Å²) in [6.45, 7) is 55.2. The van der Waals surface area contributed by atoms with E-state index in [1.165, 1.54) is 318 Å². The largest absolute Gasteiger partial charge is 0.380 e. The maximum absolute atomic E-state index is 12.6. The van der Waals surface area contributed by atoms with Gasteiger partial charge in [0.1, 0.15) is 6.17 Å². The van der Waals surface area contributed by atoms with Gasteiger partial charge in [0.15, 0.2) is 0 Å². The zero-order chi connectivity index (χ0) is 84.5. The molecule has 0 saturated carbocycles. The number of hydrogen-bond acceptors (Lipinski definition) is 21. The predicted octanol–water partition coefficient (Wildman–Crippen LogP) is 9.90. The molecule has 10 saturated heterocycles. The molecule has 21 nitrogen and oxygen atoms in total. The highest BCUT2D eigenvalue weighted by atomic mass is 19.1. The normalized spacial score (nSPS) is 25.4. The molecule has 10 aliphatic rings. The topological polar surface area (TPSA) is 74.0 Å². The molecule has 0 N–H and O–H groups in total. The number of hydrogen-bond donors (Lipinski definition) is 0. The van der Waals surface area contributed by atoms with Crippen molar-refractivity contribution in [3.05, 3.63) is 0 Å². The summed E-state index contributed by atoms with van der Waals surface area (Å²) < 4.78 is 17.9. The molecule has 0 aromatic carbocycles. The summed E-state index contributed by atoms with van der Waals surface area (Å²) in [6, 6.07) is 4.85. The first-order valence-corrected chi connectivity index (χ1v) is 46.7. The third-order valence-corrected chi connectivity index (χ3v) is 24.7. The molecule has 10 aliphatic heterocycles. The minimum Gasteiger partial charge on any atom is -0.380 e. The zero-order valence-corrected chi connectivity index (χ0v) is 80.9. The Labute approximate surface area is 705 Å². The van der Waals surface area contributed by atoms with Crippen LogP contribution in [0.5, 0.6) is 0 Å². The summed E-state index contributed by atoms with van der Waals surface area (Å²) in [4.78, 5) is 47.8. The molecule has 10 fully saturated rings. The van der Waals surface area contributed by atoms with Crippen LogP contribution in [-0.4, -0.2) is 517 Å². The third kappa shape index (κ3) is 61.1. The van der Waals surface area contributed by atoms with Crippen LogP contribution in [0, 0.1) is 0 Å². The predicted molar refractivity (Wildman–Crippen MR) is 495 cm³/mol. The molecule has 113 heavy (non-hydrogen) atoms. The van der Waals surface area contributed by atoms with Crippen molar-refractivity contribution in [3.63, 3.8) is 0 Å². The Kier molecular flexibility index (Phi) is 66.8. The van der Waals surface area contributed by atoms with Gasteiger partial charge in [-0.25, -0.2) is 4.39 Å². The number of alkyl halides is 1. The van der Waals surface area contributed by atoms with Crippen LogP contribution in [0.2, 0.25) is 0 Å². The molecule has 10 heterocycles. The summed E-state index contributed by atoms with van der Waals surface area (Å²) in [6.07, 6.45) is 30.0. The maximum atomic E-state index is 12.6. The van der Waals surface area contributed by atoms with Gasteiger partial charge in [0.05, 0.1) is 6.10 Å². The van der Waals surface area contributed by atoms with Gasteiger partial charge in [-0.05, 0) is 357 Å². The molecule has 0 bridgehead atoms. The minimum absolute atomic E-state index is 0.479. The van der Waals surface area contributed by atoms with E-state index >= 15 is 0 Å². The van der Waals surface area contributed by atoms with Gasteiger partial charge in [-0.15, -0.1) is 0 Å². The molecule has 0 amide bonds. The van der Waals surface area contributed by atoms with E-state index in [0.717, 1.165) is 75.4 Å². The fourth-order valence-electron chi connectivity index (χ4n) is 16.1. The van der Waals surface area contributed by atoms with E-state index in [4.69, 9.17) is 4.74 Å². The van der Waals surface area contributed by atoms with Crippen molar-refractivity contribution < 1.29 is 9.13 Å². The van der Waals surface area contributed by atoms with Crippen molar-refractivity contribution in [3.8, 4) is 0 Å². The van der Waals surface area contributed by atoms with Gasteiger partial charge in [-0.1, -0.05) is 32.1 Å². The number of methoxy groups -OCH3 is 1. The fraction of sp³-hybridized carbons (Fsp3) is 1.00. The van der Waals surface area contributed by atoms with Gasteiger partial charge >= 0.3 is 0 Å². The van der Waals surface area contributed by atoms with Crippen LogP contribution in [0.1, 0.15) is 183 Å². The Bertz CT molecular complexity index is 2030. The summed E-state index contributed by atoms with van der Waals surface area (Å²) in [5.74, 6) is 0. The van der Waals surface area contributed by atoms with Crippen LogP contribution in [0.15, 0.2) is 0 Å². The highest BCUT2D eigenvalue weighted by Gasteiger charge is 2.28. The fourth-order valence-corrected chi connectivity index (χ4v) is 16.1. The van der Waals surface area contributed by atoms with Gasteiger partial charge in [-0.3, -0.25) is 29.4 Å². The lowest BCUT2D eigenvalue weighted by molar-refractivity contribution is 0.0950. The molecule has 678 valence electrons. The van der Waals surface area contributed by atoms with Crippen molar-refractivity contribution in [1.29, 1.82) is 0 Å². The van der Waals surface area contributed by atoms with E-state index in [0.29, 0.717) is 12.6 Å². The number of piperidine rings is 3. The van der Waals surface area contributed by atoms with Crippen molar-refractivity contribution in [1.82, 2.24) is 98.0 Å². The van der Waals surface area contributed by atoms with Gasteiger partial charge in [-0.2, -0.15) is 0 Å². The molecule has 0 radical (unpaired) electrons. The molecule has 8 unspecified atom stereocenters. The molecule has 0 spiro atoms. The number of halogens is 1. The van der Waals surface area contributed by atoms with Crippen LogP contribution in [0.3, 0.4) is 0 Å². The second kappa shape index (κ2) is 68.6. The number of ether oxygens (including phenoxy) is 1. The van der Waals surface area contributed by atoms with Crippen LogP contribution < -0.4 is 0 Å². The van der Waals surface area contributed by atoms with Gasteiger partial charge in [0.2, 0.25) is 0 Å². The Balaban J connectivity index is 0.000000629. The number of likely N-dealkylation sites (tertiary alicyclic amines) is 10. The second-order valence-electron chi connectivity index (χ2n) is 38.4. The van der Waals surface area contributed by atoms with Gasteiger partial charge in [0.25, 0.3) is 0 Å². The minimum atomic E-state index is -0.572. The Morgan fingerprint density at radius 1 is 0.230 bits per heavy atom. The first-order chi connectivity index (χ1) is 53.7. The Morgan fingerprint density at radius 3 is 0.779 bits per heavy atom. The van der Waals surface area contributed by atoms with Crippen LogP contribution in [-0.2, 0) is 4.74 Å². The van der Waals surface area contributed by atoms with Crippen molar-refractivity contribution in [2.75, 3.05) is 371 Å². The quantitative estimate of drug-likeness (QED) is 0.0661. The highest BCUT2D eigenvalue weighted by molar-refractivity contribution is 4.84. The summed E-state index contributed by atoms with van der Waals surface area (Å²) in [7, 11) is 44.4. The second-order valence-corrected chi connectivity index (χ2v) is 38.4. The summed E-state index contributed by atoms with van der Waals surface area (Å²) in [5, 5.41) is 0. The average Bonchev–Trinajstić information content (AvgIpc) is 1.82. The molecule has 0 aromatic rings. The first kappa shape index (κ1) is 110. The number of likely N-dealkylation sites (N-methyl/N-ethyl adjacent to an activating group) is 10. The van der Waals surface area contributed by atoms with E-state index < -0.39 is 6.17 Å². The SMILES string of the molecule is CC1CCC(C)N1CCN(C)C.CC1CCCC(C)N1CCN(C)C.CC1CCCCN1CCN(C)C.CC1CCCN1CCN(C)C.CN(C)CCN1CCC(F)C1.CN(C)CCN1CCC1.CN(C)CCN1CCCC1.CN(C)CCN1CCCCC1.CN(C)CCN1CCCCCC1.COC1CCN(CCN(C)C)C1. The monoisotopic (exact) mass is 1610 g/mol.